The van der Waals surface area contributed by atoms with Gasteiger partial charge in [0, 0.05) is 33.8 Å². The van der Waals surface area contributed by atoms with E-state index in [0.717, 1.165) is 17.1 Å². The third kappa shape index (κ3) is 2.91. The Morgan fingerprint density at radius 2 is 1.29 bits per heavy atom. The summed E-state index contributed by atoms with van der Waals surface area (Å²) in [6.45, 7) is 9.62. The van der Waals surface area contributed by atoms with E-state index in [1.807, 2.05) is 0 Å². The number of fused-ring (bicyclic) bond motifs is 13. The second kappa shape index (κ2) is 7.68. The van der Waals surface area contributed by atoms with Crippen LogP contribution in [0.15, 0.2) is 120 Å². The predicted octanol–water partition coefficient (Wildman–Crippen LogP) is 10.4. The van der Waals surface area contributed by atoms with E-state index in [1.165, 1.54) is 55.6 Å². The number of benzene rings is 4. The highest BCUT2D eigenvalue weighted by atomic mass is 16.5. The first-order valence-electron chi connectivity index (χ1n) is 14.9. The van der Waals surface area contributed by atoms with Gasteiger partial charge < -0.3 is 4.74 Å². The minimum atomic E-state index is -0.129. The van der Waals surface area contributed by atoms with Crippen molar-refractivity contribution in [1.82, 2.24) is 0 Å². The van der Waals surface area contributed by atoms with Crippen LogP contribution in [0.2, 0.25) is 0 Å². The molecule has 0 amide bonds. The number of hydrogen-bond donors (Lipinski definition) is 0. The summed E-state index contributed by atoms with van der Waals surface area (Å²) in [5.74, 6) is 2.67. The lowest BCUT2D eigenvalue weighted by atomic mass is 9.71. The fourth-order valence-electron chi connectivity index (χ4n) is 8.40. The first-order chi connectivity index (χ1) is 19.8. The molecule has 198 valence electrons. The van der Waals surface area contributed by atoms with Gasteiger partial charge in [-0.2, -0.15) is 0 Å². The Hall–Kier alpha value is -4.36. The zero-order valence-corrected chi connectivity index (χ0v) is 24.0. The maximum atomic E-state index is 6.72. The van der Waals surface area contributed by atoms with E-state index in [2.05, 4.69) is 137 Å². The number of rotatable bonds is 0. The van der Waals surface area contributed by atoms with Gasteiger partial charge in [-0.1, -0.05) is 118 Å². The van der Waals surface area contributed by atoms with Crippen LogP contribution in [0, 0.1) is 5.92 Å². The van der Waals surface area contributed by atoms with Gasteiger partial charge in [0.1, 0.15) is 11.5 Å². The lowest BCUT2D eigenvalue weighted by Gasteiger charge is -2.32. The molecule has 4 aliphatic carbocycles. The van der Waals surface area contributed by atoms with Crippen molar-refractivity contribution >= 4 is 0 Å². The van der Waals surface area contributed by atoms with Crippen LogP contribution in [0.5, 0.6) is 11.5 Å². The molecule has 0 saturated carbocycles. The summed E-state index contributed by atoms with van der Waals surface area (Å²) in [4.78, 5) is 0. The molecule has 41 heavy (non-hydrogen) atoms. The summed E-state index contributed by atoms with van der Waals surface area (Å²) >= 11 is 0. The zero-order valence-electron chi connectivity index (χ0n) is 24.0. The lowest BCUT2D eigenvalue weighted by Crippen LogP contribution is -2.22. The Bertz CT molecular complexity index is 1970. The number of ether oxygens (including phenoxy) is 1. The fourth-order valence-corrected chi connectivity index (χ4v) is 8.40. The van der Waals surface area contributed by atoms with E-state index in [4.69, 9.17) is 4.74 Å². The molecule has 1 nitrogen and oxygen atoms in total. The van der Waals surface area contributed by atoms with Crippen LogP contribution in [-0.2, 0) is 10.8 Å². The van der Waals surface area contributed by atoms with Crippen molar-refractivity contribution in [1.29, 1.82) is 0 Å². The highest BCUT2D eigenvalue weighted by molar-refractivity contribution is 5.95. The summed E-state index contributed by atoms with van der Waals surface area (Å²) in [6.07, 6.45) is 13.9. The average Bonchev–Trinajstić information content (AvgIpc) is 3.27. The van der Waals surface area contributed by atoms with E-state index >= 15 is 0 Å². The maximum Gasteiger partial charge on any atom is 0.135 e. The van der Waals surface area contributed by atoms with Gasteiger partial charge in [-0.25, -0.2) is 0 Å². The molecule has 0 spiro atoms. The summed E-state index contributed by atoms with van der Waals surface area (Å²) in [6, 6.07) is 27.0. The lowest BCUT2D eigenvalue weighted by molar-refractivity contribution is 0.485. The molecule has 0 radical (unpaired) electrons. The fraction of sp³-hybridized carbons (Fsp3) is 0.200. The van der Waals surface area contributed by atoms with E-state index in [-0.39, 0.29) is 10.8 Å². The summed E-state index contributed by atoms with van der Waals surface area (Å²) < 4.78 is 6.72. The summed E-state index contributed by atoms with van der Waals surface area (Å²) in [5.41, 5.74) is 16.1. The minimum absolute atomic E-state index is 0.0119. The standard InChI is InChI=1S/C40H32O/c1-39(2)32-18-17-23-11-5-6-12-24(23)38(32)31-21-33-29(20-34(31)39)28-19-30-26-14-8-7-13-25(26)27-15-9-10-16-36(27)41-37(30)22-35(28)40(33,3)4/h5-22,24,38H,1-4H3. The quantitative estimate of drug-likeness (QED) is 0.194. The molecule has 1 heterocycles. The highest BCUT2D eigenvalue weighted by Gasteiger charge is 2.48. The zero-order chi connectivity index (χ0) is 27.7. The van der Waals surface area contributed by atoms with Crippen LogP contribution < -0.4 is 4.74 Å². The summed E-state index contributed by atoms with van der Waals surface area (Å²) in [7, 11) is 0. The third-order valence-corrected chi connectivity index (χ3v) is 10.5. The van der Waals surface area contributed by atoms with Gasteiger partial charge in [0.2, 0.25) is 0 Å². The molecule has 0 N–H and O–H groups in total. The van der Waals surface area contributed by atoms with Crippen molar-refractivity contribution in [2.45, 2.75) is 44.4 Å². The van der Waals surface area contributed by atoms with Gasteiger partial charge in [-0.15, -0.1) is 0 Å². The maximum absolute atomic E-state index is 6.72. The number of hydrogen-bond acceptors (Lipinski definition) is 1. The Morgan fingerprint density at radius 1 is 0.585 bits per heavy atom. The Kier molecular flexibility index (Phi) is 4.37. The Morgan fingerprint density at radius 3 is 2.12 bits per heavy atom. The molecular weight excluding hydrogens is 496 g/mol. The van der Waals surface area contributed by atoms with Crippen molar-refractivity contribution < 1.29 is 4.74 Å². The van der Waals surface area contributed by atoms with E-state index in [0.29, 0.717) is 11.8 Å². The minimum Gasteiger partial charge on any atom is -0.456 e. The normalized spacial score (nSPS) is 22.3. The van der Waals surface area contributed by atoms with Gasteiger partial charge in [-0.3, -0.25) is 0 Å². The largest absolute Gasteiger partial charge is 0.456 e. The van der Waals surface area contributed by atoms with E-state index in [9.17, 15) is 0 Å². The smallest absolute Gasteiger partial charge is 0.135 e. The molecule has 0 fully saturated rings. The average molecular weight is 529 g/mol. The van der Waals surface area contributed by atoms with Gasteiger partial charge in [0.25, 0.3) is 0 Å². The van der Waals surface area contributed by atoms with Crippen molar-refractivity contribution in [2.24, 2.45) is 5.92 Å². The van der Waals surface area contributed by atoms with Crippen LogP contribution in [0.4, 0.5) is 0 Å². The van der Waals surface area contributed by atoms with Gasteiger partial charge in [-0.05, 0) is 74.3 Å². The van der Waals surface area contributed by atoms with Crippen LogP contribution in [0.25, 0.3) is 33.4 Å². The molecule has 1 aliphatic heterocycles. The second-order valence-electron chi connectivity index (χ2n) is 13.3. The van der Waals surface area contributed by atoms with Crippen LogP contribution in [0.1, 0.15) is 55.9 Å². The van der Waals surface area contributed by atoms with Crippen molar-refractivity contribution in [3.05, 3.63) is 143 Å². The first-order valence-corrected chi connectivity index (χ1v) is 14.9. The molecular formula is C40H32O. The van der Waals surface area contributed by atoms with Gasteiger partial charge in [0.05, 0.1) is 0 Å². The molecule has 0 saturated heterocycles. The molecule has 0 aromatic heterocycles. The highest BCUT2D eigenvalue weighted by Crippen LogP contribution is 2.61. The first kappa shape index (κ1) is 23.4. The van der Waals surface area contributed by atoms with Crippen molar-refractivity contribution in [3.8, 4) is 44.9 Å². The second-order valence-corrected chi connectivity index (χ2v) is 13.3. The topological polar surface area (TPSA) is 9.23 Å². The molecule has 9 rings (SSSR count). The monoisotopic (exact) mass is 528 g/mol. The summed E-state index contributed by atoms with van der Waals surface area (Å²) in [5, 5.41) is 0. The van der Waals surface area contributed by atoms with Gasteiger partial charge in [0.15, 0.2) is 0 Å². The number of para-hydroxylation sites is 1. The molecule has 2 atom stereocenters. The van der Waals surface area contributed by atoms with E-state index in [1.54, 1.807) is 5.57 Å². The van der Waals surface area contributed by atoms with Crippen molar-refractivity contribution in [2.75, 3.05) is 0 Å². The van der Waals surface area contributed by atoms with Crippen LogP contribution in [0.3, 0.4) is 0 Å². The molecule has 4 aromatic carbocycles. The number of allylic oxidation sites excluding steroid dienone is 8. The molecule has 4 aromatic rings. The predicted molar refractivity (Wildman–Crippen MR) is 169 cm³/mol. The third-order valence-electron chi connectivity index (χ3n) is 10.5. The Balaban J connectivity index is 1.28. The molecule has 0 bridgehead atoms. The van der Waals surface area contributed by atoms with Gasteiger partial charge >= 0.3 is 0 Å². The SMILES string of the molecule is CC1(C)C2=CC=C3C=CC=CC3C2c2cc3c(cc21)-c1cc2c(cc1C3(C)C)Oc1ccccc1-c1ccccc1-2. The molecule has 2 unspecified atom stereocenters. The molecule has 1 heteroatoms. The molecule has 5 aliphatic rings. The van der Waals surface area contributed by atoms with Crippen LogP contribution in [-0.4, -0.2) is 0 Å². The Labute approximate surface area is 242 Å². The van der Waals surface area contributed by atoms with Crippen LogP contribution >= 0.6 is 0 Å². The van der Waals surface area contributed by atoms with Crippen molar-refractivity contribution in [3.63, 3.8) is 0 Å². The van der Waals surface area contributed by atoms with E-state index < -0.39 is 0 Å².